The van der Waals surface area contributed by atoms with Crippen molar-refractivity contribution in [2.75, 3.05) is 0 Å². The Bertz CT molecular complexity index is 495. The van der Waals surface area contributed by atoms with Crippen LogP contribution in [0.4, 0.5) is 0 Å². The van der Waals surface area contributed by atoms with Crippen molar-refractivity contribution in [1.82, 2.24) is 9.97 Å². The summed E-state index contributed by atoms with van der Waals surface area (Å²) in [7, 11) is 0. The van der Waals surface area contributed by atoms with Crippen molar-refractivity contribution in [2.24, 2.45) is 0 Å². The smallest absolute Gasteiger partial charge is 0.346 e. The van der Waals surface area contributed by atoms with Gasteiger partial charge in [-0.15, -0.1) is 0 Å². The van der Waals surface area contributed by atoms with Crippen molar-refractivity contribution in [1.29, 1.82) is 0 Å². The van der Waals surface area contributed by atoms with Crippen molar-refractivity contribution in [3.63, 3.8) is 0 Å². The van der Waals surface area contributed by atoms with E-state index in [0.29, 0.717) is 11.3 Å². The van der Waals surface area contributed by atoms with Gasteiger partial charge in [0.2, 0.25) is 0 Å². The van der Waals surface area contributed by atoms with Crippen molar-refractivity contribution >= 4 is 5.97 Å². The molecule has 0 radical (unpaired) electrons. The van der Waals surface area contributed by atoms with Gasteiger partial charge >= 0.3 is 5.97 Å². The average molecular weight is 228 g/mol. The molecule has 0 aliphatic carbocycles. The van der Waals surface area contributed by atoms with Gasteiger partial charge in [0.25, 0.3) is 0 Å². The normalized spacial score (nSPS) is 9.94. The van der Waals surface area contributed by atoms with Crippen LogP contribution in [-0.4, -0.2) is 15.9 Å². The molecule has 0 spiro atoms. The average Bonchev–Trinajstić information content (AvgIpc) is 2.40. The number of nitrogens with zero attached hydrogens (tertiary/aromatic N) is 2. The highest BCUT2D eigenvalue weighted by atomic mass is 16.5. The van der Waals surface area contributed by atoms with Crippen molar-refractivity contribution in [3.8, 4) is 5.75 Å². The minimum absolute atomic E-state index is 0.340. The van der Waals surface area contributed by atoms with E-state index in [4.69, 9.17) is 4.74 Å². The van der Waals surface area contributed by atoms with Gasteiger partial charge in [-0.05, 0) is 24.1 Å². The Morgan fingerprint density at radius 1 is 1.18 bits per heavy atom. The molecule has 0 aliphatic heterocycles. The molecule has 0 bridgehead atoms. The molecule has 0 N–H and O–H groups in total. The third kappa shape index (κ3) is 2.87. The van der Waals surface area contributed by atoms with E-state index >= 15 is 0 Å². The summed E-state index contributed by atoms with van der Waals surface area (Å²) < 4.78 is 5.18. The van der Waals surface area contributed by atoms with Gasteiger partial charge in [0, 0.05) is 12.4 Å². The fraction of sp³-hybridized carbons (Fsp3) is 0.154. The maximum Gasteiger partial charge on any atom is 0.346 e. The highest BCUT2D eigenvalue weighted by Gasteiger charge is 2.08. The van der Waals surface area contributed by atoms with Crippen LogP contribution in [0.5, 0.6) is 5.75 Å². The van der Waals surface area contributed by atoms with Crippen molar-refractivity contribution in [2.45, 2.75) is 13.3 Å². The monoisotopic (exact) mass is 228 g/mol. The quantitative estimate of drug-likeness (QED) is 0.597. The lowest BCUT2D eigenvalue weighted by Gasteiger charge is -2.04. The predicted octanol–water partition coefficient (Wildman–Crippen LogP) is 2.26. The summed E-state index contributed by atoms with van der Waals surface area (Å²) in [5.74, 6) is 0.0749. The molecule has 2 aromatic rings. The van der Waals surface area contributed by atoms with Crippen LogP contribution in [-0.2, 0) is 6.42 Å². The van der Waals surface area contributed by atoms with Crippen LogP contribution in [0.15, 0.2) is 43.0 Å². The number of hydrogen-bond acceptors (Lipinski definition) is 4. The van der Waals surface area contributed by atoms with Crippen LogP contribution in [0, 0.1) is 0 Å². The molecule has 86 valence electrons. The van der Waals surface area contributed by atoms with Gasteiger partial charge in [-0.2, -0.15) is 0 Å². The lowest BCUT2D eigenvalue weighted by Crippen LogP contribution is -2.09. The Hall–Kier alpha value is -2.23. The summed E-state index contributed by atoms with van der Waals surface area (Å²) in [6, 6.07) is 7.43. The zero-order valence-corrected chi connectivity index (χ0v) is 9.46. The third-order valence-electron chi connectivity index (χ3n) is 2.34. The lowest BCUT2D eigenvalue weighted by molar-refractivity contribution is 0.0734. The third-order valence-corrected chi connectivity index (χ3v) is 2.34. The molecule has 0 atom stereocenters. The molecular weight excluding hydrogens is 216 g/mol. The maximum atomic E-state index is 11.7. The summed E-state index contributed by atoms with van der Waals surface area (Å²) >= 11 is 0. The Morgan fingerprint density at radius 2 is 1.82 bits per heavy atom. The molecule has 0 unspecified atom stereocenters. The fourth-order valence-electron chi connectivity index (χ4n) is 1.36. The summed E-state index contributed by atoms with van der Waals surface area (Å²) in [6.07, 6.45) is 5.18. The number of rotatable bonds is 3. The summed E-state index contributed by atoms with van der Waals surface area (Å²) in [5.41, 5.74) is 1.54. The molecule has 0 fully saturated rings. The molecule has 4 nitrogen and oxygen atoms in total. The highest BCUT2D eigenvalue weighted by Crippen LogP contribution is 2.14. The van der Waals surface area contributed by atoms with E-state index in [1.54, 1.807) is 12.1 Å². The van der Waals surface area contributed by atoms with E-state index < -0.39 is 5.97 Å². The molecule has 0 aliphatic rings. The molecule has 4 heteroatoms. The number of aromatic nitrogens is 2. The molecule has 0 amide bonds. The minimum atomic E-state index is -0.449. The van der Waals surface area contributed by atoms with Gasteiger partial charge in [0.05, 0.1) is 5.56 Å². The fourth-order valence-corrected chi connectivity index (χ4v) is 1.36. The van der Waals surface area contributed by atoms with E-state index in [-0.39, 0.29) is 0 Å². The first kappa shape index (κ1) is 11.3. The van der Waals surface area contributed by atoms with Crippen LogP contribution < -0.4 is 4.74 Å². The number of ether oxygens (including phenoxy) is 1. The van der Waals surface area contributed by atoms with E-state index in [9.17, 15) is 4.79 Å². The standard InChI is InChI=1S/C13H12N2O2/c1-2-10-3-5-12(6-4-10)17-13(16)11-7-14-9-15-8-11/h3-9H,2H2,1H3. The SMILES string of the molecule is CCc1ccc(OC(=O)c2cncnc2)cc1. The Labute approximate surface area is 99.3 Å². The number of benzene rings is 1. The second-order valence-electron chi connectivity index (χ2n) is 3.51. The first-order valence-electron chi connectivity index (χ1n) is 5.35. The maximum absolute atomic E-state index is 11.7. The number of esters is 1. The van der Waals surface area contributed by atoms with E-state index in [0.717, 1.165) is 6.42 Å². The van der Waals surface area contributed by atoms with Gasteiger partial charge in [-0.25, -0.2) is 14.8 Å². The first-order valence-corrected chi connectivity index (χ1v) is 5.35. The Morgan fingerprint density at radius 3 is 2.41 bits per heavy atom. The van der Waals surface area contributed by atoms with E-state index in [2.05, 4.69) is 16.9 Å². The molecule has 1 heterocycles. The molecule has 1 aromatic heterocycles. The van der Waals surface area contributed by atoms with Crippen molar-refractivity contribution in [3.05, 3.63) is 54.1 Å². The summed E-state index contributed by atoms with van der Waals surface area (Å²) in [4.78, 5) is 19.2. The summed E-state index contributed by atoms with van der Waals surface area (Å²) in [6.45, 7) is 2.07. The number of carbonyl (C=O) groups excluding carboxylic acids is 1. The highest BCUT2D eigenvalue weighted by molar-refractivity contribution is 5.90. The van der Waals surface area contributed by atoms with Crippen molar-refractivity contribution < 1.29 is 9.53 Å². The topological polar surface area (TPSA) is 52.1 Å². The molecule has 1 aromatic carbocycles. The molecule has 17 heavy (non-hydrogen) atoms. The second-order valence-corrected chi connectivity index (χ2v) is 3.51. The van der Waals surface area contributed by atoms with Crippen LogP contribution in [0.3, 0.4) is 0 Å². The Balaban J connectivity index is 2.08. The van der Waals surface area contributed by atoms with Crippen LogP contribution in [0.25, 0.3) is 0 Å². The summed E-state index contributed by atoms with van der Waals surface area (Å²) in [5, 5.41) is 0. The molecule has 2 rings (SSSR count). The number of hydrogen-bond donors (Lipinski definition) is 0. The van der Waals surface area contributed by atoms with Crippen LogP contribution >= 0.6 is 0 Å². The predicted molar refractivity (Wildman–Crippen MR) is 62.8 cm³/mol. The molecular formula is C13H12N2O2. The van der Waals surface area contributed by atoms with Gasteiger partial charge in [0.1, 0.15) is 12.1 Å². The number of aryl methyl sites for hydroxylation is 1. The van der Waals surface area contributed by atoms with Crippen LogP contribution in [0.1, 0.15) is 22.8 Å². The van der Waals surface area contributed by atoms with Gasteiger partial charge in [-0.3, -0.25) is 0 Å². The van der Waals surface area contributed by atoms with Crippen LogP contribution in [0.2, 0.25) is 0 Å². The second kappa shape index (κ2) is 5.21. The Kier molecular flexibility index (Phi) is 3.45. The minimum Gasteiger partial charge on any atom is -0.423 e. The van der Waals surface area contributed by atoms with Gasteiger partial charge in [0.15, 0.2) is 0 Å². The van der Waals surface area contributed by atoms with E-state index in [1.165, 1.54) is 24.3 Å². The zero-order valence-electron chi connectivity index (χ0n) is 9.46. The molecule has 0 saturated heterocycles. The van der Waals surface area contributed by atoms with Gasteiger partial charge < -0.3 is 4.74 Å². The first-order chi connectivity index (χ1) is 8.29. The van der Waals surface area contributed by atoms with E-state index in [1.807, 2.05) is 12.1 Å². The largest absolute Gasteiger partial charge is 0.423 e. The molecule has 0 saturated carbocycles. The zero-order chi connectivity index (χ0) is 12.1. The lowest BCUT2D eigenvalue weighted by atomic mass is 10.2. The van der Waals surface area contributed by atoms with Gasteiger partial charge in [-0.1, -0.05) is 19.1 Å². The number of carbonyl (C=O) groups is 1.